The van der Waals surface area contributed by atoms with Gasteiger partial charge in [-0.05, 0) is 30.2 Å². The van der Waals surface area contributed by atoms with E-state index in [-0.39, 0.29) is 21.6 Å². The fourth-order valence-corrected chi connectivity index (χ4v) is 4.52. The Bertz CT molecular complexity index is 1670. The second kappa shape index (κ2) is 12.5. The maximum absolute atomic E-state index is 13.5. The zero-order valence-electron chi connectivity index (χ0n) is 22.3. The summed E-state index contributed by atoms with van der Waals surface area (Å²) in [6, 6.07) is 19.1. The lowest BCUT2D eigenvalue weighted by molar-refractivity contribution is -0.130. The van der Waals surface area contributed by atoms with Crippen molar-refractivity contribution in [3.63, 3.8) is 0 Å². The van der Waals surface area contributed by atoms with Gasteiger partial charge < -0.3 is 19.7 Å². The van der Waals surface area contributed by atoms with Gasteiger partial charge in [0.05, 0.1) is 35.8 Å². The second-order valence-corrected chi connectivity index (χ2v) is 9.47. The van der Waals surface area contributed by atoms with Gasteiger partial charge in [-0.2, -0.15) is 0 Å². The number of aromatic nitrogens is 2. The minimum absolute atomic E-state index is 0.208. The van der Waals surface area contributed by atoms with Crippen LogP contribution < -0.4 is 26.0 Å². The third-order valence-electron chi connectivity index (χ3n) is 6.48. The quantitative estimate of drug-likeness (QED) is 0.317. The fraction of sp³-hybridized carbons (Fsp3) is 0.241. The molecule has 4 aromatic rings. The monoisotopic (exact) mass is 564 g/mol. The van der Waals surface area contributed by atoms with Crippen LogP contribution in [-0.4, -0.2) is 53.7 Å². The molecule has 0 bridgehead atoms. The number of fused-ring (bicyclic) bond motifs is 1. The van der Waals surface area contributed by atoms with Crippen molar-refractivity contribution in [2.45, 2.75) is 19.5 Å². The summed E-state index contributed by atoms with van der Waals surface area (Å²) in [5.74, 6) is -0.299. The third kappa shape index (κ3) is 6.18. The number of para-hydroxylation sites is 1. The van der Waals surface area contributed by atoms with E-state index < -0.39 is 36.2 Å². The first-order valence-electron chi connectivity index (χ1n) is 12.4. The number of likely N-dealkylation sites (N-methyl/N-ethyl adjacent to an activating group) is 1. The molecule has 1 heterocycles. The summed E-state index contributed by atoms with van der Waals surface area (Å²) in [7, 11) is 4.51. The molecule has 0 saturated carbocycles. The molecule has 1 N–H and O–H groups in total. The van der Waals surface area contributed by atoms with Gasteiger partial charge in [-0.25, -0.2) is 4.79 Å². The van der Waals surface area contributed by atoms with Gasteiger partial charge in [0.1, 0.15) is 24.6 Å². The number of hydrogen-bond acceptors (Lipinski definition) is 6. The van der Waals surface area contributed by atoms with E-state index in [2.05, 4.69) is 5.32 Å². The molecule has 0 atom stereocenters. The smallest absolute Gasteiger partial charge is 0.332 e. The average molecular weight is 565 g/mol. The summed E-state index contributed by atoms with van der Waals surface area (Å²) >= 11 is 6.21. The Morgan fingerprint density at radius 3 is 2.27 bits per heavy atom. The summed E-state index contributed by atoms with van der Waals surface area (Å²) in [5, 5.41) is 3.16. The number of methoxy groups -OCH3 is 2. The summed E-state index contributed by atoms with van der Waals surface area (Å²) < 4.78 is 12.5. The first-order valence-corrected chi connectivity index (χ1v) is 12.8. The van der Waals surface area contributed by atoms with E-state index >= 15 is 0 Å². The molecule has 4 rings (SSSR count). The lowest BCUT2D eigenvalue weighted by atomic mass is 10.1. The first kappa shape index (κ1) is 28.4. The molecule has 0 unspecified atom stereocenters. The topological polar surface area (TPSA) is 112 Å². The Hall–Kier alpha value is -4.57. The van der Waals surface area contributed by atoms with Crippen molar-refractivity contribution in [1.82, 2.24) is 14.0 Å². The highest BCUT2D eigenvalue weighted by atomic mass is 35.5. The van der Waals surface area contributed by atoms with Crippen molar-refractivity contribution in [3.8, 4) is 11.5 Å². The maximum atomic E-state index is 13.5. The van der Waals surface area contributed by atoms with Crippen molar-refractivity contribution in [1.29, 1.82) is 0 Å². The Kier molecular flexibility index (Phi) is 8.90. The molecule has 2 amide bonds. The zero-order valence-corrected chi connectivity index (χ0v) is 23.1. The number of ether oxygens (including phenoxy) is 2. The Balaban J connectivity index is 1.61. The van der Waals surface area contributed by atoms with Gasteiger partial charge in [0.2, 0.25) is 11.8 Å². The minimum atomic E-state index is -0.775. The van der Waals surface area contributed by atoms with E-state index in [9.17, 15) is 19.2 Å². The van der Waals surface area contributed by atoms with Crippen LogP contribution in [0.15, 0.2) is 76.3 Å². The molecule has 0 aliphatic heterocycles. The second-order valence-electron chi connectivity index (χ2n) is 9.06. The molecule has 40 heavy (non-hydrogen) atoms. The van der Waals surface area contributed by atoms with Crippen LogP contribution in [0, 0.1) is 0 Å². The highest BCUT2D eigenvalue weighted by Gasteiger charge is 2.20. The number of anilines is 1. The lowest BCUT2D eigenvalue weighted by Crippen LogP contribution is -2.45. The molecule has 0 aliphatic rings. The molecule has 1 aromatic heterocycles. The van der Waals surface area contributed by atoms with Crippen molar-refractivity contribution in [2.75, 3.05) is 33.1 Å². The highest BCUT2D eigenvalue weighted by Crippen LogP contribution is 2.35. The SMILES string of the molecule is COc1cc(OC)c(NC(=O)Cn2c(=O)n(CC(=O)N(C)CCc3ccccc3)c(=O)c3ccccc32)cc1Cl. The Morgan fingerprint density at radius 1 is 0.900 bits per heavy atom. The number of benzene rings is 3. The van der Waals surface area contributed by atoms with Crippen LogP contribution in [0.2, 0.25) is 5.02 Å². The summed E-state index contributed by atoms with van der Waals surface area (Å²) in [4.78, 5) is 54.3. The zero-order chi connectivity index (χ0) is 28.8. The number of carbonyl (C=O) groups excluding carboxylic acids is 2. The molecule has 3 aromatic carbocycles. The van der Waals surface area contributed by atoms with Crippen LogP contribution in [0.1, 0.15) is 5.56 Å². The van der Waals surface area contributed by atoms with Gasteiger partial charge in [0, 0.05) is 19.7 Å². The van der Waals surface area contributed by atoms with Gasteiger partial charge in [-0.1, -0.05) is 54.1 Å². The highest BCUT2D eigenvalue weighted by molar-refractivity contribution is 6.32. The predicted octanol–water partition coefficient (Wildman–Crippen LogP) is 3.17. The lowest BCUT2D eigenvalue weighted by Gasteiger charge is -2.19. The molecule has 0 radical (unpaired) electrons. The largest absolute Gasteiger partial charge is 0.495 e. The number of carbonyl (C=O) groups is 2. The van der Waals surface area contributed by atoms with Crippen LogP contribution in [-0.2, 0) is 29.1 Å². The van der Waals surface area contributed by atoms with Crippen molar-refractivity contribution < 1.29 is 19.1 Å². The van der Waals surface area contributed by atoms with Crippen molar-refractivity contribution in [3.05, 3.63) is 98.2 Å². The van der Waals surface area contributed by atoms with Crippen LogP contribution in [0.5, 0.6) is 11.5 Å². The van der Waals surface area contributed by atoms with Gasteiger partial charge >= 0.3 is 5.69 Å². The third-order valence-corrected chi connectivity index (χ3v) is 6.78. The van der Waals surface area contributed by atoms with Gasteiger partial charge in [0.25, 0.3) is 5.56 Å². The first-order chi connectivity index (χ1) is 19.2. The molecule has 10 nitrogen and oxygen atoms in total. The summed E-state index contributed by atoms with van der Waals surface area (Å²) in [5.41, 5.74) is 0.231. The number of hydrogen-bond donors (Lipinski definition) is 1. The van der Waals surface area contributed by atoms with Crippen molar-refractivity contribution >= 4 is 40.0 Å². The Labute approximate surface area is 235 Å². The van der Waals surface area contributed by atoms with Gasteiger partial charge in [0.15, 0.2) is 0 Å². The van der Waals surface area contributed by atoms with E-state index in [0.717, 1.165) is 10.1 Å². The number of amides is 2. The fourth-order valence-electron chi connectivity index (χ4n) is 4.28. The minimum Gasteiger partial charge on any atom is -0.495 e. The van der Waals surface area contributed by atoms with Gasteiger partial charge in [-0.15, -0.1) is 0 Å². The summed E-state index contributed by atoms with van der Waals surface area (Å²) in [6.45, 7) is -0.476. The molecule has 0 fully saturated rings. The van der Waals surface area contributed by atoms with Gasteiger partial charge in [-0.3, -0.25) is 23.5 Å². The Morgan fingerprint density at radius 2 is 1.57 bits per heavy atom. The van der Waals surface area contributed by atoms with Crippen LogP contribution in [0.3, 0.4) is 0 Å². The molecular formula is C29H29ClN4O6. The van der Waals surface area contributed by atoms with Crippen LogP contribution in [0.25, 0.3) is 10.9 Å². The maximum Gasteiger partial charge on any atom is 0.332 e. The normalized spacial score (nSPS) is 10.8. The molecule has 11 heteroatoms. The molecule has 0 aliphatic carbocycles. The van der Waals surface area contributed by atoms with E-state index in [1.165, 1.54) is 35.8 Å². The van der Waals surface area contributed by atoms with E-state index in [1.54, 1.807) is 31.3 Å². The number of halogens is 1. The van der Waals surface area contributed by atoms with E-state index in [0.29, 0.717) is 24.5 Å². The molecular weight excluding hydrogens is 536 g/mol. The van der Waals surface area contributed by atoms with E-state index in [4.69, 9.17) is 21.1 Å². The van der Waals surface area contributed by atoms with Crippen LogP contribution >= 0.6 is 11.6 Å². The average Bonchev–Trinajstić information content (AvgIpc) is 2.96. The number of rotatable bonds is 10. The molecule has 0 spiro atoms. The van der Waals surface area contributed by atoms with Crippen molar-refractivity contribution in [2.24, 2.45) is 0 Å². The summed E-state index contributed by atoms with van der Waals surface area (Å²) in [6.07, 6.45) is 0.624. The van der Waals surface area contributed by atoms with E-state index in [1.807, 2.05) is 30.3 Å². The number of nitrogens with one attached hydrogen (secondary N) is 1. The predicted molar refractivity (Wildman–Crippen MR) is 153 cm³/mol. The standard InChI is InChI=1S/C29H29ClN4O6/c1-32(14-13-19-9-5-4-6-10-19)27(36)18-34-28(37)20-11-7-8-12-23(20)33(29(34)38)17-26(35)31-22-15-21(30)24(39-2)16-25(22)40-3/h4-12,15-16H,13-14,17-18H2,1-3H3,(H,31,35). The molecule has 208 valence electrons. The number of nitrogens with zero attached hydrogens (tertiary/aromatic N) is 3. The van der Waals surface area contributed by atoms with Crippen LogP contribution in [0.4, 0.5) is 5.69 Å². The molecule has 0 saturated heterocycles.